The Morgan fingerprint density at radius 1 is 1.16 bits per heavy atom. The Morgan fingerprint density at radius 3 is 2.05 bits per heavy atom. The molecule has 108 valence electrons. The van der Waals surface area contributed by atoms with E-state index in [9.17, 15) is 17.7 Å². The van der Waals surface area contributed by atoms with Crippen LogP contribution in [0.15, 0.2) is 29.2 Å². The monoisotopic (exact) mass is 314 g/mol. The highest BCUT2D eigenvalue weighted by atomic mass is 32.2. The van der Waals surface area contributed by atoms with Crippen molar-refractivity contribution in [1.82, 2.24) is 0 Å². The number of hydrogen-bond donors (Lipinski definition) is 0. The fraction of sp³-hybridized carbons (Fsp3) is 0.455. The van der Waals surface area contributed by atoms with Crippen molar-refractivity contribution in [2.45, 2.75) is 23.7 Å². The van der Waals surface area contributed by atoms with Crippen LogP contribution in [0.5, 0.6) is 0 Å². The number of halogens is 3. The Hall–Kier alpha value is -0.490. The van der Waals surface area contributed by atoms with Gasteiger partial charge in [-0.25, -0.2) is 4.39 Å². The van der Waals surface area contributed by atoms with E-state index in [4.69, 9.17) is 0 Å². The molecule has 0 bridgehead atoms. The second-order valence-corrected chi connectivity index (χ2v) is 6.94. The van der Waals surface area contributed by atoms with Gasteiger partial charge in [-0.2, -0.15) is 8.78 Å². The lowest BCUT2D eigenvalue weighted by Gasteiger charge is -2.24. The molecule has 0 aromatic heterocycles. The zero-order valence-electron chi connectivity index (χ0n) is 10.4. The molecule has 0 spiro atoms. The van der Waals surface area contributed by atoms with E-state index in [1.165, 1.54) is 26.0 Å². The third kappa shape index (κ3) is 4.24. The van der Waals surface area contributed by atoms with E-state index >= 15 is 0 Å². The van der Waals surface area contributed by atoms with Crippen LogP contribution in [-0.2, 0) is 13.6 Å². The number of alkyl halides is 2. The summed E-state index contributed by atoms with van der Waals surface area (Å²) in [5.74, 6) is -0.537. The van der Waals surface area contributed by atoms with Gasteiger partial charge in [0.1, 0.15) is 5.82 Å². The van der Waals surface area contributed by atoms with Gasteiger partial charge in [0.05, 0.1) is 13.2 Å². The maximum atomic E-state index is 14.0. The molecule has 1 rings (SSSR count). The van der Waals surface area contributed by atoms with E-state index in [1.807, 2.05) is 0 Å². The first kappa shape index (κ1) is 16.6. The number of rotatable bonds is 7. The molecule has 0 radical (unpaired) electrons. The molecule has 0 aliphatic heterocycles. The van der Waals surface area contributed by atoms with E-state index in [0.29, 0.717) is 0 Å². The molecule has 0 unspecified atom stereocenters. The molecule has 0 amide bonds. The first-order chi connectivity index (χ1) is 8.84. The smallest absolute Gasteiger partial charge is 0.304 e. The Kier molecular flexibility index (Phi) is 5.92. The van der Waals surface area contributed by atoms with Crippen LogP contribution in [0.3, 0.4) is 0 Å². The summed E-state index contributed by atoms with van der Waals surface area (Å²) in [7, 11) is -4.56. The largest absolute Gasteiger partial charge is 0.410 e. The minimum atomic E-state index is -4.56. The molecule has 0 saturated carbocycles. The summed E-state index contributed by atoms with van der Waals surface area (Å²) in [4.78, 5) is -3.66. The number of hydrogen-bond acceptors (Lipinski definition) is 4. The Morgan fingerprint density at radius 2 is 1.63 bits per heavy atom. The molecule has 0 fully saturated rings. The van der Waals surface area contributed by atoms with E-state index in [1.54, 1.807) is 0 Å². The lowest BCUT2D eigenvalue weighted by molar-refractivity contribution is 0.112. The molecule has 0 N–H and O–H groups in total. The summed E-state index contributed by atoms with van der Waals surface area (Å²) in [5, 5.41) is 0. The van der Waals surface area contributed by atoms with Gasteiger partial charge in [-0.1, -0.05) is 0 Å². The predicted octanol–water partition coefficient (Wildman–Crippen LogP) is 4.73. The molecule has 8 heteroatoms. The van der Waals surface area contributed by atoms with Gasteiger partial charge in [-0.05, 0) is 49.9 Å². The lowest BCUT2D eigenvalue weighted by atomic mass is 10.4. The molecule has 1 aromatic carbocycles. The maximum absolute atomic E-state index is 14.0. The highest BCUT2D eigenvalue weighted by molar-refractivity contribution is 8.06. The molecule has 0 aliphatic carbocycles. The zero-order chi connectivity index (χ0) is 14.5. The molecular formula is C11H14F3O3PS. The Labute approximate surface area is 114 Å². The summed E-state index contributed by atoms with van der Waals surface area (Å²) < 4.78 is 61.9. The average molecular weight is 314 g/mol. The summed E-state index contributed by atoms with van der Waals surface area (Å²) in [5.41, 5.74) is 0. The molecule has 0 aliphatic rings. The minimum absolute atomic E-state index is 0.0283. The predicted molar refractivity (Wildman–Crippen MR) is 68.1 cm³/mol. The summed E-state index contributed by atoms with van der Waals surface area (Å²) in [6.45, 7) is 2.59. The summed E-state index contributed by atoms with van der Waals surface area (Å²) in [6.07, 6.45) is 0. The highest BCUT2D eigenvalue weighted by Crippen LogP contribution is 2.67. The van der Waals surface area contributed by atoms with Crippen molar-refractivity contribution in [2.75, 3.05) is 13.2 Å². The molecule has 19 heavy (non-hydrogen) atoms. The van der Waals surface area contributed by atoms with E-state index in [0.717, 1.165) is 12.1 Å². The lowest BCUT2D eigenvalue weighted by Crippen LogP contribution is -2.16. The van der Waals surface area contributed by atoms with Crippen molar-refractivity contribution < 1.29 is 26.8 Å². The van der Waals surface area contributed by atoms with E-state index in [-0.39, 0.29) is 29.9 Å². The van der Waals surface area contributed by atoms with Gasteiger partial charge in [0.15, 0.2) is 0 Å². The van der Waals surface area contributed by atoms with Crippen LogP contribution in [0.1, 0.15) is 13.8 Å². The van der Waals surface area contributed by atoms with E-state index < -0.39 is 18.4 Å². The second kappa shape index (κ2) is 6.79. The molecule has 0 atom stereocenters. The minimum Gasteiger partial charge on any atom is -0.304 e. The standard InChI is InChI=1S/C11H14F3O3PS/c1-3-16-18(15,17-4-2)11(13,14)19-10-7-5-9(12)6-8-10/h5-8H,3-4H2,1-2H3. The molecule has 0 saturated heterocycles. The fourth-order valence-corrected chi connectivity index (χ4v) is 3.92. The summed E-state index contributed by atoms with van der Waals surface area (Å²) in [6, 6.07) is 4.45. The Balaban J connectivity index is 2.93. The topological polar surface area (TPSA) is 35.5 Å². The van der Waals surface area contributed by atoms with Gasteiger partial charge >= 0.3 is 12.6 Å². The third-order valence-corrected chi connectivity index (χ3v) is 5.50. The maximum Gasteiger partial charge on any atom is 0.410 e. The van der Waals surface area contributed by atoms with Crippen LogP contribution in [0.25, 0.3) is 0 Å². The summed E-state index contributed by atoms with van der Waals surface area (Å²) >= 11 is 0.0283. The van der Waals surface area contributed by atoms with Crippen LogP contribution in [0.2, 0.25) is 0 Å². The van der Waals surface area contributed by atoms with Gasteiger partial charge in [-0.15, -0.1) is 0 Å². The molecular weight excluding hydrogens is 300 g/mol. The first-order valence-electron chi connectivity index (χ1n) is 5.56. The van der Waals surface area contributed by atoms with Gasteiger partial charge in [-0.3, -0.25) is 4.57 Å². The van der Waals surface area contributed by atoms with Crippen molar-refractivity contribution in [3.63, 3.8) is 0 Å². The van der Waals surface area contributed by atoms with Gasteiger partial charge in [0, 0.05) is 4.90 Å². The van der Waals surface area contributed by atoms with Crippen LogP contribution in [0.4, 0.5) is 13.2 Å². The molecule has 3 nitrogen and oxygen atoms in total. The zero-order valence-corrected chi connectivity index (χ0v) is 12.1. The number of thioether (sulfide) groups is 1. The van der Waals surface area contributed by atoms with Gasteiger partial charge < -0.3 is 9.05 Å². The molecule has 0 heterocycles. The fourth-order valence-electron chi connectivity index (χ4n) is 1.23. The van der Waals surface area contributed by atoms with Crippen LogP contribution >= 0.6 is 19.4 Å². The second-order valence-electron chi connectivity index (χ2n) is 3.38. The van der Waals surface area contributed by atoms with Crippen LogP contribution < -0.4 is 0 Å². The van der Waals surface area contributed by atoms with Crippen molar-refractivity contribution in [1.29, 1.82) is 0 Å². The third-order valence-electron chi connectivity index (χ3n) is 1.97. The van der Waals surface area contributed by atoms with Crippen molar-refractivity contribution in [2.24, 2.45) is 0 Å². The van der Waals surface area contributed by atoms with Crippen molar-refractivity contribution in [3.05, 3.63) is 30.1 Å². The van der Waals surface area contributed by atoms with Crippen molar-refractivity contribution in [3.8, 4) is 0 Å². The normalized spacial score (nSPS) is 12.7. The first-order valence-corrected chi connectivity index (χ1v) is 7.92. The quantitative estimate of drug-likeness (QED) is 0.538. The van der Waals surface area contributed by atoms with E-state index in [2.05, 4.69) is 9.05 Å². The van der Waals surface area contributed by atoms with Gasteiger partial charge in [0.25, 0.3) is 0 Å². The highest BCUT2D eigenvalue weighted by Gasteiger charge is 2.54. The van der Waals surface area contributed by atoms with Crippen molar-refractivity contribution >= 4 is 19.4 Å². The van der Waals surface area contributed by atoms with Crippen LogP contribution in [-0.4, -0.2) is 18.2 Å². The Bertz CT molecular complexity index is 443. The van der Waals surface area contributed by atoms with Crippen LogP contribution in [0, 0.1) is 5.82 Å². The average Bonchev–Trinajstić information content (AvgIpc) is 2.32. The number of benzene rings is 1. The molecule has 1 aromatic rings. The van der Waals surface area contributed by atoms with Gasteiger partial charge in [0.2, 0.25) is 0 Å². The SMILES string of the molecule is CCOP(=O)(OCC)C(F)(F)Sc1ccc(F)cc1.